The van der Waals surface area contributed by atoms with Crippen molar-refractivity contribution in [3.63, 3.8) is 0 Å². The number of hydrogen-bond donors (Lipinski definition) is 1. The minimum Gasteiger partial charge on any atom is -0.481 e. The molecule has 0 heterocycles. The molecule has 0 aromatic heterocycles. The third-order valence-corrected chi connectivity index (χ3v) is 2.58. The predicted molar refractivity (Wildman–Crippen MR) is 66.2 cm³/mol. The molecule has 0 radical (unpaired) electrons. The Morgan fingerprint density at radius 1 is 1.29 bits per heavy atom. The Hall–Kier alpha value is -1.84. The van der Waals surface area contributed by atoms with Gasteiger partial charge in [0.2, 0.25) is 5.91 Å². The molecular formula is C13H17NO3. The van der Waals surface area contributed by atoms with Crippen LogP contribution in [0, 0.1) is 13.8 Å². The van der Waals surface area contributed by atoms with Gasteiger partial charge in [-0.1, -0.05) is 12.1 Å². The fraction of sp³-hybridized carbons (Fsp3) is 0.385. The molecule has 17 heavy (non-hydrogen) atoms. The maximum atomic E-state index is 11.6. The monoisotopic (exact) mass is 235 g/mol. The van der Waals surface area contributed by atoms with Crippen molar-refractivity contribution in [2.75, 3.05) is 11.4 Å². The summed E-state index contributed by atoms with van der Waals surface area (Å²) in [5, 5.41) is 8.68. The van der Waals surface area contributed by atoms with Crippen LogP contribution in [-0.2, 0) is 9.59 Å². The molecule has 0 unspecified atom stereocenters. The summed E-state index contributed by atoms with van der Waals surface area (Å²) < 4.78 is 0. The Labute approximate surface area is 101 Å². The van der Waals surface area contributed by atoms with Gasteiger partial charge < -0.3 is 10.0 Å². The van der Waals surface area contributed by atoms with E-state index in [9.17, 15) is 9.59 Å². The number of amides is 1. The molecule has 1 N–H and O–H groups in total. The van der Waals surface area contributed by atoms with E-state index in [4.69, 9.17) is 5.11 Å². The SMILES string of the molecule is CC(=O)N(CCC(=O)O)c1cc(C)ccc1C. The van der Waals surface area contributed by atoms with Crippen LogP contribution in [0.4, 0.5) is 5.69 Å². The van der Waals surface area contributed by atoms with Crippen LogP contribution in [0.5, 0.6) is 0 Å². The third-order valence-electron chi connectivity index (χ3n) is 2.58. The smallest absolute Gasteiger partial charge is 0.305 e. The second kappa shape index (κ2) is 5.48. The number of benzene rings is 1. The molecule has 1 aromatic rings. The standard InChI is InChI=1S/C13H17NO3/c1-9-4-5-10(2)12(8-9)14(11(3)15)7-6-13(16)17/h4-5,8H,6-7H2,1-3H3,(H,16,17). The molecule has 0 aliphatic heterocycles. The molecule has 0 atom stereocenters. The third kappa shape index (κ3) is 3.59. The van der Waals surface area contributed by atoms with Crippen LogP contribution >= 0.6 is 0 Å². The molecule has 1 rings (SSSR count). The number of carbonyl (C=O) groups is 2. The fourth-order valence-corrected chi connectivity index (χ4v) is 1.67. The number of aryl methyl sites for hydroxylation is 2. The molecule has 4 nitrogen and oxygen atoms in total. The van der Waals surface area contributed by atoms with Gasteiger partial charge in [-0.2, -0.15) is 0 Å². The van der Waals surface area contributed by atoms with Crippen LogP contribution in [-0.4, -0.2) is 23.5 Å². The zero-order valence-corrected chi connectivity index (χ0v) is 10.4. The van der Waals surface area contributed by atoms with E-state index in [2.05, 4.69) is 0 Å². The van der Waals surface area contributed by atoms with Gasteiger partial charge in [0.15, 0.2) is 0 Å². The van der Waals surface area contributed by atoms with Gasteiger partial charge in [0, 0.05) is 19.2 Å². The molecule has 0 bridgehead atoms. The second-order valence-corrected chi connectivity index (χ2v) is 4.10. The number of carbonyl (C=O) groups excluding carboxylic acids is 1. The van der Waals surface area contributed by atoms with Crippen LogP contribution in [0.15, 0.2) is 18.2 Å². The Morgan fingerprint density at radius 2 is 1.94 bits per heavy atom. The summed E-state index contributed by atoms with van der Waals surface area (Å²) >= 11 is 0. The van der Waals surface area contributed by atoms with E-state index in [0.29, 0.717) is 0 Å². The van der Waals surface area contributed by atoms with Crippen LogP contribution in [0.2, 0.25) is 0 Å². The van der Waals surface area contributed by atoms with Crippen molar-refractivity contribution in [3.8, 4) is 0 Å². The Kier molecular flexibility index (Phi) is 4.26. The van der Waals surface area contributed by atoms with E-state index in [0.717, 1.165) is 16.8 Å². The van der Waals surface area contributed by atoms with Crippen molar-refractivity contribution < 1.29 is 14.7 Å². The minimum atomic E-state index is -0.901. The maximum Gasteiger partial charge on any atom is 0.305 e. The van der Waals surface area contributed by atoms with E-state index in [1.54, 1.807) is 0 Å². The first-order valence-electron chi connectivity index (χ1n) is 5.49. The zero-order chi connectivity index (χ0) is 13.0. The quantitative estimate of drug-likeness (QED) is 0.869. The molecule has 1 aromatic carbocycles. The number of anilines is 1. The van der Waals surface area contributed by atoms with Crippen LogP contribution in [0.1, 0.15) is 24.5 Å². The largest absolute Gasteiger partial charge is 0.481 e. The van der Waals surface area contributed by atoms with E-state index in [1.165, 1.54) is 11.8 Å². The van der Waals surface area contributed by atoms with Crippen LogP contribution in [0.3, 0.4) is 0 Å². The lowest BCUT2D eigenvalue weighted by molar-refractivity contribution is -0.136. The average molecular weight is 235 g/mol. The highest BCUT2D eigenvalue weighted by Crippen LogP contribution is 2.21. The van der Waals surface area contributed by atoms with Gasteiger partial charge in [-0.25, -0.2) is 0 Å². The summed E-state index contributed by atoms with van der Waals surface area (Å²) in [7, 11) is 0. The van der Waals surface area contributed by atoms with Crippen molar-refractivity contribution in [1.82, 2.24) is 0 Å². The van der Waals surface area contributed by atoms with Crippen molar-refractivity contribution in [3.05, 3.63) is 29.3 Å². The van der Waals surface area contributed by atoms with Crippen molar-refractivity contribution in [2.24, 2.45) is 0 Å². The highest BCUT2D eigenvalue weighted by atomic mass is 16.4. The van der Waals surface area contributed by atoms with Gasteiger partial charge >= 0.3 is 5.97 Å². The summed E-state index contributed by atoms with van der Waals surface area (Å²) in [4.78, 5) is 23.6. The summed E-state index contributed by atoms with van der Waals surface area (Å²) in [5.41, 5.74) is 2.81. The minimum absolute atomic E-state index is 0.0486. The molecule has 0 spiro atoms. The first-order chi connectivity index (χ1) is 7.91. The van der Waals surface area contributed by atoms with E-state index in [-0.39, 0.29) is 18.9 Å². The maximum absolute atomic E-state index is 11.6. The molecule has 0 fully saturated rings. The molecule has 4 heteroatoms. The lowest BCUT2D eigenvalue weighted by atomic mass is 10.1. The molecule has 0 saturated heterocycles. The fourth-order valence-electron chi connectivity index (χ4n) is 1.67. The van der Waals surface area contributed by atoms with Crippen LogP contribution < -0.4 is 4.90 Å². The van der Waals surface area contributed by atoms with Gasteiger partial charge in [-0.15, -0.1) is 0 Å². The summed E-state index contributed by atoms with van der Waals surface area (Å²) in [6.07, 6.45) is -0.0486. The van der Waals surface area contributed by atoms with Gasteiger partial charge in [-0.05, 0) is 31.0 Å². The van der Waals surface area contributed by atoms with Gasteiger partial charge in [0.05, 0.1) is 6.42 Å². The number of carboxylic acids is 1. The molecule has 1 amide bonds. The van der Waals surface area contributed by atoms with Crippen molar-refractivity contribution in [1.29, 1.82) is 0 Å². The first kappa shape index (κ1) is 13.2. The van der Waals surface area contributed by atoms with Gasteiger partial charge in [0.25, 0.3) is 0 Å². The number of nitrogens with zero attached hydrogens (tertiary/aromatic N) is 1. The molecule has 0 aliphatic rings. The second-order valence-electron chi connectivity index (χ2n) is 4.10. The van der Waals surface area contributed by atoms with Crippen molar-refractivity contribution in [2.45, 2.75) is 27.2 Å². The highest BCUT2D eigenvalue weighted by molar-refractivity contribution is 5.92. The summed E-state index contributed by atoms with van der Waals surface area (Å²) in [6, 6.07) is 5.80. The van der Waals surface area contributed by atoms with Gasteiger partial charge in [0.1, 0.15) is 0 Å². The molecule has 0 aliphatic carbocycles. The predicted octanol–water partition coefficient (Wildman–Crippen LogP) is 2.13. The average Bonchev–Trinajstić information content (AvgIpc) is 2.22. The number of aliphatic carboxylic acids is 1. The Morgan fingerprint density at radius 3 is 2.47 bits per heavy atom. The van der Waals surface area contributed by atoms with Gasteiger partial charge in [-0.3, -0.25) is 9.59 Å². The number of carboxylic acid groups (broad SMARTS) is 1. The topological polar surface area (TPSA) is 57.6 Å². The van der Waals surface area contributed by atoms with E-state index in [1.807, 2.05) is 32.0 Å². The summed E-state index contributed by atoms with van der Waals surface area (Å²) in [5.74, 6) is -1.04. The summed E-state index contributed by atoms with van der Waals surface area (Å²) in [6.45, 7) is 5.50. The van der Waals surface area contributed by atoms with Crippen molar-refractivity contribution >= 4 is 17.6 Å². The number of rotatable bonds is 4. The Balaban J connectivity index is 3.00. The molecular weight excluding hydrogens is 218 g/mol. The van der Waals surface area contributed by atoms with E-state index < -0.39 is 5.97 Å². The van der Waals surface area contributed by atoms with E-state index >= 15 is 0 Å². The molecule has 92 valence electrons. The highest BCUT2D eigenvalue weighted by Gasteiger charge is 2.15. The lowest BCUT2D eigenvalue weighted by Gasteiger charge is -2.22. The molecule has 0 saturated carbocycles. The lowest BCUT2D eigenvalue weighted by Crippen LogP contribution is -2.31. The first-order valence-corrected chi connectivity index (χ1v) is 5.49. The zero-order valence-electron chi connectivity index (χ0n) is 10.4. The normalized spacial score (nSPS) is 10.1. The number of hydrogen-bond acceptors (Lipinski definition) is 2. The van der Waals surface area contributed by atoms with Crippen LogP contribution in [0.25, 0.3) is 0 Å². The Bertz CT molecular complexity index is 440.